The Balaban J connectivity index is 1.77. The minimum atomic E-state index is 0.317. The highest BCUT2D eigenvalue weighted by Crippen LogP contribution is 2.50. The van der Waals surface area contributed by atoms with Crippen LogP contribution < -0.4 is 0 Å². The third-order valence-electron chi connectivity index (χ3n) is 5.32. The molecule has 2 aliphatic heterocycles. The molecule has 2 aromatic rings. The molecule has 0 saturated carbocycles. The molecule has 4 heteroatoms. The maximum absolute atomic E-state index is 5.57. The van der Waals surface area contributed by atoms with Crippen molar-refractivity contribution in [2.24, 2.45) is 0 Å². The van der Waals surface area contributed by atoms with Gasteiger partial charge in [0.05, 0.1) is 5.92 Å². The number of nitrogens with zero attached hydrogens (tertiary/aromatic N) is 3. The van der Waals surface area contributed by atoms with E-state index in [0.29, 0.717) is 23.9 Å². The second kappa shape index (κ2) is 4.95. The van der Waals surface area contributed by atoms with Crippen LogP contribution in [0, 0.1) is 6.92 Å². The monoisotopic (exact) mass is 283 g/mol. The summed E-state index contributed by atoms with van der Waals surface area (Å²) >= 11 is 0. The summed E-state index contributed by atoms with van der Waals surface area (Å²) in [5.74, 6) is 2.36. The van der Waals surface area contributed by atoms with Gasteiger partial charge in [-0.05, 0) is 44.7 Å². The van der Waals surface area contributed by atoms with Crippen molar-refractivity contribution >= 4 is 0 Å². The van der Waals surface area contributed by atoms with Crippen LogP contribution in [0.25, 0.3) is 0 Å². The summed E-state index contributed by atoms with van der Waals surface area (Å²) in [5.41, 5.74) is 1.41. The van der Waals surface area contributed by atoms with E-state index in [4.69, 9.17) is 4.52 Å². The van der Waals surface area contributed by atoms with E-state index in [-0.39, 0.29) is 0 Å². The van der Waals surface area contributed by atoms with Crippen molar-refractivity contribution in [3.8, 4) is 0 Å². The van der Waals surface area contributed by atoms with Crippen LogP contribution in [-0.2, 0) is 0 Å². The summed E-state index contributed by atoms with van der Waals surface area (Å²) in [5, 5.41) is 4.02. The van der Waals surface area contributed by atoms with E-state index in [1.807, 2.05) is 6.92 Å². The lowest BCUT2D eigenvalue weighted by Crippen LogP contribution is -2.44. The minimum Gasteiger partial charge on any atom is -0.339 e. The van der Waals surface area contributed by atoms with Crippen LogP contribution in [0.4, 0.5) is 0 Å². The lowest BCUT2D eigenvalue weighted by Gasteiger charge is -2.41. The Labute approximate surface area is 125 Å². The number of benzene rings is 1. The molecule has 0 aliphatic carbocycles. The average Bonchev–Trinajstić information content (AvgIpc) is 3.01. The zero-order valence-electron chi connectivity index (χ0n) is 12.6. The predicted molar refractivity (Wildman–Crippen MR) is 80.1 cm³/mol. The molecule has 1 aromatic carbocycles. The highest BCUT2D eigenvalue weighted by molar-refractivity contribution is 5.27. The first kappa shape index (κ1) is 13.0. The van der Waals surface area contributed by atoms with Crippen molar-refractivity contribution in [1.29, 1.82) is 0 Å². The number of hydrogen-bond acceptors (Lipinski definition) is 4. The molecular formula is C17H21N3O. The van der Waals surface area contributed by atoms with E-state index in [0.717, 1.165) is 11.7 Å². The first-order valence-electron chi connectivity index (χ1n) is 7.81. The van der Waals surface area contributed by atoms with E-state index in [9.17, 15) is 0 Å². The molecule has 4 nitrogen and oxygen atoms in total. The topological polar surface area (TPSA) is 42.2 Å². The summed E-state index contributed by atoms with van der Waals surface area (Å²) < 4.78 is 5.57. The molecule has 0 radical (unpaired) electrons. The van der Waals surface area contributed by atoms with E-state index in [1.54, 1.807) is 0 Å². The highest BCUT2D eigenvalue weighted by Gasteiger charge is 2.48. The van der Waals surface area contributed by atoms with Crippen molar-refractivity contribution < 1.29 is 4.52 Å². The fraction of sp³-hybridized carbons (Fsp3) is 0.529. The van der Waals surface area contributed by atoms with Gasteiger partial charge in [0.1, 0.15) is 0 Å². The second-order valence-corrected chi connectivity index (χ2v) is 6.42. The molecule has 21 heavy (non-hydrogen) atoms. The molecule has 4 atom stereocenters. The van der Waals surface area contributed by atoms with Gasteiger partial charge >= 0.3 is 0 Å². The van der Waals surface area contributed by atoms with Crippen LogP contribution in [0.1, 0.15) is 48.4 Å². The lowest BCUT2D eigenvalue weighted by atomic mass is 9.76. The number of rotatable bonds is 2. The average molecular weight is 283 g/mol. The van der Waals surface area contributed by atoms with Crippen LogP contribution in [-0.4, -0.2) is 34.2 Å². The van der Waals surface area contributed by atoms with Gasteiger partial charge in [-0.25, -0.2) is 0 Å². The third-order valence-corrected chi connectivity index (χ3v) is 5.32. The van der Waals surface area contributed by atoms with Gasteiger partial charge in [-0.2, -0.15) is 4.98 Å². The summed E-state index contributed by atoms with van der Waals surface area (Å²) in [7, 11) is 2.25. The molecule has 0 spiro atoms. The van der Waals surface area contributed by atoms with Crippen LogP contribution in [0.5, 0.6) is 0 Å². The highest BCUT2D eigenvalue weighted by atomic mass is 16.5. The van der Waals surface area contributed by atoms with Crippen LogP contribution >= 0.6 is 0 Å². The van der Waals surface area contributed by atoms with E-state index in [1.165, 1.54) is 24.8 Å². The number of fused-ring (bicyclic) bond motifs is 2. The molecule has 3 heterocycles. The molecule has 4 rings (SSSR count). The molecule has 0 N–H and O–H groups in total. The Bertz CT molecular complexity index is 624. The molecule has 2 aliphatic rings. The Morgan fingerprint density at radius 2 is 2.00 bits per heavy atom. The Hall–Kier alpha value is -1.68. The number of aryl methyl sites for hydroxylation is 1. The van der Waals surface area contributed by atoms with Gasteiger partial charge in [0, 0.05) is 12.1 Å². The van der Waals surface area contributed by atoms with Crippen LogP contribution in [0.15, 0.2) is 34.9 Å². The van der Waals surface area contributed by atoms with Crippen molar-refractivity contribution in [2.75, 3.05) is 7.05 Å². The first-order valence-corrected chi connectivity index (χ1v) is 7.81. The van der Waals surface area contributed by atoms with Crippen molar-refractivity contribution in [1.82, 2.24) is 15.0 Å². The fourth-order valence-corrected chi connectivity index (χ4v) is 4.29. The molecule has 2 fully saturated rings. The van der Waals surface area contributed by atoms with Gasteiger partial charge in [-0.15, -0.1) is 0 Å². The molecule has 1 aromatic heterocycles. The third kappa shape index (κ3) is 2.09. The molecule has 0 amide bonds. The van der Waals surface area contributed by atoms with E-state index in [2.05, 4.69) is 52.4 Å². The first-order chi connectivity index (χ1) is 10.2. The van der Waals surface area contributed by atoms with E-state index < -0.39 is 0 Å². The maximum atomic E-state index is 5.57. The van der Waals surface area contributed by atoms with Gasteiger partial charge in [-0.3, -0.25) is 4.90 Å². The summed E-state index contributed by atoms with van der Waals surface area (Å²) in [4.78, 5) is 7.09. The Kier molecular flexibility index (Phi) is 3.07. The van der Waals surface area contributed by atoms with Crippen molar-refractivity contribution in [3.05, 3.63) is 47.6 Å². The van der Waals surface area contributed by atoms with Crippen molar-refractivity contribution in [2.45, 2.75) is 50.1 Å². The normalized spacial score (nSPS) is 32.5. The van der Waals surface area contributed by atoms with Gasteiger partial charge in [0.2, 0.25) is 5.89 Å². The van der Waals surface area contributed by atoms with Gasteiger partial charge in [0.25, 0.3) is 0 Å². The minimum absolute atomic E-state index is 0.317. The van der Waals surface area contributed by atoms with Crippen LogP contribution in [0.2, 0.25) is 0 Å². The van der Waals surface area contributed by atoms with Gasteiger partial charge in [0.15, 0.2) is 5.82 Å². The standard InChI is InChI=1S/C17H21N3O/c1-11-18-17(21-19-11)16-14(12-6-4-3-5-7-12)10-13-8-9-15(16)20(13)2/h3-7,13-16H,8-10H2,1-2H3/t13-,14+,15-,16-/m0/s1. The van der Waals surface area contributed by atoms with Crippen LogP contribution in [0.3, 0.4) is 0 Å². The maximum Gasteiger partial charge on any atom is 0.231 e. The summed E-state index contributed by atoms with van der Waals surface area (Å²) in [6.45, 7) is 1.90. The molecule has 2 saturated heterocycles. The second-order valence-electron chi connectivity index (χ2n) is 6.42. The Morgan fingerprint density at radius 3 is 2.71 bits per heavy atom. The number of piperidine rings is 1. The zero-order valence-corrected chi connectivity index (χ0v) is 12.6. The molecular weight excluding hydrogens is 262 g/mol. The number of hydrogen-bond donors (Lipinski definition) is 0. The fourth-order valence-electron chi connectivity index (χ4n) is 4.29. The quantitative estimate of drug-likeness (QED) is 0.849. The summed E-state index contributed by atoms with van der Waals surface area (Å²) in [6, 6.07) is 12.0. The molecule has 2 bridgehead atoms. The largest absolute Gasteiger partial charge is 0.339 e. The summed E-state index contributed by atoms with van der Waals surface area (Å²) in [6.07, 6.45) is 3.70. The predicted octanol–water partition coefficient (Wildman–Crippen LogP) is 3.11. The van der Waals surface area contributed by atoms with E-state index >= 15 is 0 Å². The molecule has 0 unspecified atom stereocenters. The van der Waals surface area contributed by atoms with Crippen molar-refractivity contribution in [3.63, 3.8) is 0 Å². The Morgan fingerprint density at radius 1 is 1.19 bits per heavy atom. The molecule has 110 valence electrons. The lowest BCUT2D eigenvalue weighted by molar-refractivity contribution is 0.120. The smallest absolute Gasteiger partial charge is 0.231 e. The SMILES string of the molecule is Cc1noc([C@H]2[C@@H](c3ccccc3)C[C@@H]3CC[C@@H]2N3C)n1. The van der Waals surface area contributed by atoms with Gasteiger partial charge < -0.3 is 4.52 Å². The number of likely N-dealkylation sites (N-methyl/N-ethyl adjacent to an activating group) is 1. The van der Waals surface area contributed by atoms with Gasteiger partial charge in [-0.1, -0.05) is 35.5 Å². The zero-order chi connectivity index (χ0) is 14.4. The number of aromatic nitrogens is 2.